The van der Waals surface area contributed by atoms with E-state index >= 15 is 0 Å². The van der Waals surface area contributed by atoms with Crippen molar-refractivity contribution in [1.82, 2.24) is 9.55 Å². The quantitative estimate of drug-likeness (QED) is 0.615. The van der Waals surface area contributed by atoms with Crippen LogP contribution in [0.15, 0.2) is 35.4 Å². The van der Waals surface area contributed by atoms with E-state index in [4.69, 9.17) is 0 Å². The summed E-state index contributed by atoms with van der Waals surface area (Å²) in [5, 5.41) is 0.729. The molecule has 4 rings (SSSR count). The van der Waals surface area contributed by atoms with Gasteiger partial charge in [-0.15, -0.1) is 11.3 Å². The summed E-state index contributed by atoms with van der Waals surface area (Å²) in [5.41, 5.74) is 2.97. The van der Waals surface area contributed by atoms with E-state index in [9.17, 15) is 9.59 Å². The van der Waals surface area contributed by atoms with Gasteiger partial charge in [-0.25, -0.2) is 4.98 Å². The molecule has 1 aliphatic rings. The van der Waals surface area contributed by atoms with Crippen LogP contribution >= 0.6 is 11.3 Å². The molecule has 0 spiro atoms. The molecule has 26 heavy (non-hydrogen) atoms. The molecule has 0 unspecified atom stereocenters. The number of carbonyl (C=O) groups is 1. The third-order valence-electron chi connectivity index (χ3n) is 5.10. The van der Waals surface area contributed by atoms with E-state index in [0.29, 0.717) is 5.56 Å². The second-order valence-corrected chi connectivity index (χ2v) is 8.02. The van der Waals surface area contributed by atoms with E-state index in [-0.39, 0.29) is 17.9 Å². The third-order valence-corrected chi connectivity index (χ3v) is 6.30. The summed E-state index contributed by atoms with van der Waals surface area (Å²) < 4.78 is 1.46. The van der Waals surface area contributed by atoms with Gasteiger partial charge < -0.3 is 0 Å². The number of Topliss-reactive ketones (excluding diaryl/α,β-unsaturated/α-hetero) is 1. The molecule has 4 nitrogen and oxygen atoms in total. The maximum Gasteiger partial charge on any atom is 0.262 e. The van der Waals surface area contributed by atoms with Gasteiger partial charge in [0.05, 0.1) is 18.3 Å². The van der Waals surface area contributed by atoms with Gasteiger partial charge in [0.2, 0.25) is 0 Å². The highest BCUT2D eigenvalue weighted by molar-refractivity contribution is 7.18. The Morgan fingerprint density at radius 1 is 1.23 bits per heavy atom. The Morgan fingerprint density at radius 3 is 2.81 bits per heavy atom. The summed E-state index contributed by atoms with van der Waals surface area (Å²) in [6.45, 7) is 2.21. The van der Waals surface area contributed by atoms with Crippen LogP contribution in [0, 0.1) is 0 Å². The molecule has 0 fully saturated rings. The highest BCUT2D eigenvalue weighted by atomic mass is 32.1. The Labute approximate surface area is 156 Å². The first kappa shape index (κ1) is 17.2. The molecule has 0 radical (unpaired) electrons. The minimum Gasteiger partial charge on any atom is -0.292 e. The van der Waals surface area contributed by atoms with Crippen molar-refractivity contribution in [2.75, 3.05) is 0 Å². The highest BCUT2D eigenvalue weighted by Crippen LogP contribution is 2.34. The first-order valence-electron chi connectivity index (χ1n) is 9.29. The predicted octanol–water partition coefficient (Wildman–Crippen LogP) is 4.17. The van der Waals surface area contributed by atoms with Crippen LogP contribution in [0.25, 0.3) is 10.2 Å². The normalized spacial score (nSPS) is 13.3. The van der Waals surface area contributed by atoms with E-state index in [1.54, 1.807) is 11.3 Å². The number of hydrogen-bond donors (Lipinski definition) is 0. The average Bonchev–Trinajstić information content (AvgIpc) is 3.23. The highest BCUT2D eigenvalue weighted by Gasteiger charge is 2.21. The van der Waals surface area contributed by atoms with Crippen molar-refractivity contribution in [3.05, 3.63) is 62.5 Å². The van der Waals surface area contributed by atoms with Crippen molar-refractivity contribution in [2.24, 2.45) is 0 Å². The zero-order chi connectivity index (χ0) is 18.1. The lowest BCUT2D eigenvalue weighted by molar-refractivity contribution is 0.0970. The van der Waals surface area contributed by atoms with Gasteiger partial charge in [-0.2, -0.15) is 0 Å². The number of thiophene rings is 1. The number of carbonyl (C=O) groups excluding carboxylic acids is 1. The molecular weight excluding hydrogens is 344 g/mol. The van der Waals surface area contributed by atoms with Gasteiger partial charge in [-0.05, 0) is 43.2 Å². The number of hydrogen-bond acceptors (Lipinski definition) is 4. The first-order valence-corrected chi connectivity index (χ1v) is 10.1. The second-order valence-electron chi connectivity index (χ2n) is 6.94. The van der Waals surface area contributed by atoms with Crippen LogP contribution < -0.4 is 5.56 Å². The van der Waals surface area contributed by atoms with Crippen LogP contribution in [0.4, 0.5) is 0 Å². The summed E-state index contributed by atoms with van der Waals surface area (Å²) in [6, 6.07) is 7.76. The van der Waals surface area contributed by atoms with E-state index in [0.717, 1.165) is 54.3 Å². The molecule has 0 aliphatic heterocycles. The van der Waals surface area contributed by atoms with Crippen LogP contribution in [0.1, 0.15) is 52.5 Å². The Morgan fingerprint density at radius 2 is 2.04 bits per heavy atom. The standard InChI is InChI=1S/C21H22N2O2S/c1-2-3-5-14-8-10-15(11-9-14)17(24)12-23-13-22-20-19(21(23)25)16-6-4-7-18(16)26-20/h8-11,13H,2-7,12H2,1H3. The molecule has 5 heteroatoms. The maximum absolute atomic E-state index is 12.9. The molecule has 3 aromatic rings. The van der Waals surface area contributed by atoms with Crippen LogP contribution in [0.3, 0.4) is 0 Å². The molecule has 2 heterocycles. The number of unbranched alkanes of at least 4 members (excludes halogenated alkanes) is 1. The summed E-state index contributed by atoms with van der Waals surface area (Å²) in [7, 11) is 0. The van der Waals surface area contributed by atoms with E-state index in [1.807, 2.05) is 24.3 Å². The molecule has 2 aromatic heterocycles. The number of rotatable bonds is 6. The fourth-order valence-corrected chi connectivity index (χ4v) is 4.84. The van der Waals surface area contributed by atoms with Gasteiger partial charge in [0.15, 0.2) is 5.78 Å². The van der Waals surface area contributed by atoms with E-state index in [2.05, 4.69) is 11.9 Å². The van der Waals surface area contributed by atoms with Gasteiger partial charge in [-0.1, -0.05) is 37.6 Å². The lowest BCUT2D eigenvalue weighted by Gasteiger charge is -2.06. The topological polar surface area (TPSA) is 52.0 Å². The lowest BCUT2D eigenvalue weighted by atomic mass is 10.0. The first-order chi connectivity index (χ1) is 12.7. The van der Waals surface area contributed by atoms with Crippen LogP contribution in [-0.4, -0.2) is 15.3 Å². The lowest BCUT2D eigenvalue weighted by Crippen LogP contribution is -2.24. The van der Waals surface area contributed by atoms with Gasteiger partial charge in [0, 0.05) is 10.4 Å². The number of fused-ring (bicyclic) bond motifs is 3. The van der Waals surface area contributed by atoms with Crippen molar-refractivity contribution < 1.29 is 4.79 Å². The van der Waals surface area contributed by atoms with Gasteiger partial charge in [-0.3, -0.25) is 14.2 Å². The molecule has 0 saturated heterocycles. The van der Waals surface area contributed by atoms with Crippen LogP contribution in [-0.2, 0) is 25.8 Å². The van der Waals surface area contributed by atoms with Crippen molar-refractivity contribution in [3.8, 4) is 0 Å². The maximum atomic E-state index is 12.9. The number of ketones is 1. The minimum atomic E-state index is -0.0812. The predicted molar refractivity (Wildman–Crippen MR) is 105 cm³/mol. The molecular formula is C21H22N2O2S. The number of aryl methyl sites for hydroxylation is 3. The summed E-state index contributed by atoms with van der Waals surface area (Å²) >= 11 is 1.62. The Kier molecular flexibility index (Phi) is 4.72. The summed E-state index contributed by atoms with van der Waals surface area (Å²) in [4.78, 5) is 32.0. The number of nitrogens with zero attached hydrogens (tertiary/aromatic N) is 2. The average molecular weight is 366 g/mol. The zero-order valence-electron chi connectivity index (χ0n) is 15.0. The monoisotopic (exact) mass is 366 g/mol. The van der Waals surface area contributed by atoms with E-state index < -0.39 is 0 Å². The van der Waals surface area contributed by atoms with Gasteiger partial charge in [0.1, 0.15) is 4.83 Å². The second kappa shape index (κ2) is 7.16. The fraction of sp³-hybridized carbons (Fsp3) is 0.381. The van der Waals surface area contributed by atoms with Crippen molar-refractivity contribution in [1.29, 1.82) is 0 Å². The molecule has 0 bridgehead atoms. The fourth-order valence-electron chi connectivity index (χ4n) is 3.62. The molecule has 134 valence electrons. The molecule has 1 aromatic carbocycles. The van der Waals surface area contributed by atoms with Crippen molar-refractivity contribution >= 4 is 27.3 Å². The minimum absolute atomic E-state index is 0.0424. The summed E-state index contributed by atoms with van der Waals surface area (Å²) in [6.07, 6.45) is 7.96. The zero-order valence-corrected chi connectivity index (χ0v) is 15.8. The number of benzene rings is 1. The van der Waals surface area contributed by atoms with Crippen LogP contribution in [0.5, 0.6) is 0 Å². The molecule has 0 N–H and O–H groups in total. The Bertz CT molecular complexity index is 1010. The molecule has 1 aliphatic carbocycles. The largest absolute Gasteiger partial charge is 0.292 e. The molecule has 0 atom stereocenters. The van der Waals surface area contributed by atoms with E-state index in [1.165, 1.54) is 21.3 Å². The SMILES string of the molecule is CCCCc1ccc(C(=O)Cn2cnc3sc4c(c3c2=O)CCC4)cc1. The van der Waals surface area contributed by atoms with Crippen LogP contribution in [0.2, 0.25) is 0 Å². The molecule has 0 saturated carbocycles. The van der Waals surface area contributed by atoms with Crippen molar-refractivity contribution in [3.63, 3.8) is 0 Å². The van der Waals surface area contributed by atoms with Gasteiger partial charge in [0.25, 0.3) is 5.56 Å². The molecule has 0 amide bonds. The third kappa shape index (κ3) is 3.12. The number of aromatic nitrogens is 2. The Balaban J connectivity index is 1.58. The Hall–Kier alpha value is -2.27. The smallest absolute Gasteiger partial charge is 0.262 e. The summed E-state index contributed by atoms with van der Waals surface area (Å²) in [5.74, 6) is -0.0535. The van der Waals surface area contributed by atoms with Gasteiger partial charge >= 0.3 is 0 Å². The van der Waals surface area contributed by atoms with Crippen molar-refractivity contribution in [2.45, 2.75) is 52.0 Å².